The zero-order chi connectivity index (χ0) is 14.4. The number of aryl methyl sites for hydroxylation is 4. The van der Waals surface area contributed by atoms with Gasteiger partial charge in [0.1, 0.15) is 11.9 Å². The Hall–Kier alpha value is -1.76. The number of ether oxygens (including phenoxy) is 1. The quantitative estimate of drug-likeness (QED) is 0.693. The minimum Gasteiger partial charge on any atom is -0.485 e. The fourth-order valence-corrected chi connectivity index (χ4v) is 3.20. The van der Waals surface area contributed by atoms with E-state index in [0.29, 0.717) is 5.92 Å². The van der Waals surface area contributed by atoms with Crippen LogP contribution < -0.4 is 4.74 Å². The summed E-state index contributed by atoms with van der Waals surface area (Å²) in [6, 6.07) is 11.2. The molecule has 0 radical (unpaired) electrons. The lowest BCUT2D eigenvalue weighted by molar-refractivity contribution is 0.216. The molecule has 0 spiro atoms. The maximum atomic E-state index is 6.25. The molecule has 20 heavy (non-hydrogen) atoms. The maximum absolute atomic E-state index is 6.25. The molecule has 2 aromatic carbocycles. The van der Waals surface area contributed by atoms with E-state index in [-0.39, 0.29) is 6.10 Å². The van der Waals surface area contributed by atoms with Crippen LogP contribution in [0.4, 0.5) is 0 Å². The van der Waals surface area contributed by atoms with Gasteiger partial charge in [-0.15, -0.1) is 0 Å². The summed E-state index contributed by atoms with van der Waals surface area (Å²) >= 11 is 0. The molecule has 1 heteroatoms. The van der Waals surface area contributed by atoms with Gasteiger partial charge < -0.3 is 4.74 Å². The van der Waals surface area contributed by atoms with Crippen LogP contribution in [0.5, 0.6) is 5.75 Å². The summed E-state index contributed by atoms with van der Waals surface area (Å²) in [5.74, 6) is 1.47. The van der Waals surface area contributed by atoms with Crippen molar-refractivity contribution in [2.75, 3.05) is 0 Å². The van der Waals surface area contributed by atoms with Crippen LogP contribution in [0.3, 0.4) is 0 Å². The Morgan fingerprint density at radius 1 is 0.800 bits per heavy atom. The molecule has 0 N–H and O–H groups in total. The second-order valence-electron chi connectivity index (χ2n) is 6.22. The molecule has 2 aromatic rings. The smallest absolute Gasteiger partial charge is 0.130 e. The van der Waals surface area contributed by atoms with Crippen LogP contribution >= 0.6 is 0 Å². The van der Waals surface area contributed by atoms with Crippen molar-refractivity contribution >= 4 is 0 Å². The first kappa shape index (κ1) is 13.2. The zero-order valence-corrected chi connectivity index (χ0v) is 12.9. The third-order valence-corrected chi connectivity index (χ3v) is 4.40. The SMILES string of the molecule is Cc1cc(C)cc(C2Oc3cc(C)c(C)cc3C2C)c1. The molecule has 0 fully saturated rings. The van der Waals surface area contributed by atoms with Gasteiger partial charge in [-0.25, -0.2) is 0 Å². The Bertz CT molecular complexity index is 649. The second-order valence-corrected chi connectivity index (χ2v) is 6.22. The standard InChI is InChI=1S/C19H22O/c1-11-6-12(2)8-16(7-11)19-15(5)17-9-13(3)14(4)10-18(17)20-19/h6-10,15,19H,1-5H3. The molecule has 0 aromatic heterocycles. The summed E-state index contributed by atoms with van der Waals surface area (Å²) < 4.78 is 6.25. The number of fused-ring (bicyclic) bond motifs is 1. The highest BCUT2D eigenvalue weighted by Gasteiger charge is 2.32. The number of benzene rings is 2. The number of hydrogen-bond donors (Lipinski definition) is 0. The Kier molecular flexibility index (Phi) is 3.08. The molecule has 3 rings (SSSR count). The maximum Gasteiger partial charge on any atom is 0.130 e. The minimum absolute atomic E-state index is 0.143. The van der Waals surface area contributed by atoms with Crippen molar-refractivity contribution in [2.24, 2.45) is 0 Å². The van der Waals surface area contributed by atoms with Crippen molar-refractivity contribution in [1.29, 1.82) is 0 Å². The molecule has 0 saturated heterocycles. The van der Waals surface area contributed by atoms with Gasteiger partial charge in [0.15, 0.2) is 0 Å². The molecule has 0 saturated carbocycles. The first-order chi connectivity index (χ1) is 9.45. The molecule has 0 bridgehead atoms. The van der Waals surface area contributed by atoms with E-state index < -0.39 is 0 Å². The normalized spacial score (nSPS) is 20.6. The third kappa shape index (κ3) is 2.11. The fraction of sp³-hybridized carbons (Fsp3) is 0.368. The molecular weight excluding hydrogens is 244 g/mol. The van der Waals surface area contributed by atoms with Gasteiger partial charge in [0.25, 0.3) is 0 Å². The molecule has 1 aliphatic heterocycles. The highest BCUT2D eigenvalue weighted by Crippen LogP contribution is 2.46. The fourth-order valence-electron chi connectivity index (χ4n) is 3.20. The van der Waals surface area contributed by atoms with Crippen molar-refractivity contribution in [1.82, 2.24) is 0 Å². The van der Waals surface area contributed by atoms with Gasteiger partial charge in [0.2, 0.25) is 0 Å². The predicted molar refractivity (Wildman–Crippen MR) is 83.6 cm³/mol. The van der Waals surface area contributed by atoms with E-state index in [1.54, 1.807) is 0 Å². The molecule has 104 valence electrons. The lowest BCUT2D eigenvalue weighted by Crippen LogP contribution is -2.07. The summed E-state index contributed by atoms with van der Waals surface area (Å²) in [5.41, 5.74) is 7.90. The summed E-state index contributed by atoms with van der Waals surface area (Å²) in [5, 5.41) is 0. The van der Waals surface area contributed by atoms with E-state index in [2.05, 4.69) is 65.0 Å². The topological polar surface area (TPSA) is 9.23 Å². The van der Waals surface area contributed by atoms with Crippen molar-refractivity contribution in [3.8, 4) is 5.75 Å². The van der Waals surface area contributed by atoms with Gasteiger partial charge in [-0.1, -0.05) is 42.3 Å². The van der Waals surface area contributed by atoms with Gasteiger partial charge in [0, 0.05) is 11.5 Å². The highest BCUT2D eigenvalue weighted by molar-refractivity contribution is 5.48. The van der Waals surface area contributed by atoms with Crippen LogP contribution in [0, 0.1) is 27.7 Å². The molecule has 0 aliphatic carbocycles. The first-order valence-corrected chi connectivity index (χ1v) is 7.31. The molecule has 2 atom stereocenters. The van der Waals surface area contributed by atoms with E-state index in [4.69, 9.17) is 4.74 Å². The Balaban J connectivity index is 2.03. The lowest BCUT2D eigenvalue weighted by Gasteiger charge is -2.17. The van der Waals surface area contributed by atoms with Gasteiger partial charge in [0.05, 0.1) is 0 Å². The van der Waals surface area contributed by atoms with Crippen LogP contribution in [-0.2, 0) is 0 Å². The molecular formula is C19H22O. The highest BCUT2D eigenvalue weighted by atomic mass is 16.5. The number of rotatable bonds is 1. The van der Waals surface area contributed by atoms with Crippen molar-refractivity contribution < 1.29 is 4.74 Å². The first-order valence-electron chi connectivity index (χ1n) is 7.31. The predicted octanol–water partition coefficient (Wildman–Crippen LogP) is 5.16. The largest absolute Gasteiger partial charge is 0.485 e. The average molecular weight is 266 g/mol. The Morgan fingerprint density at radius 3 is 2.05 bits per heavy atom. The van der Waals surface area contributed by atoms with Crippen LogP contribution in [0.1, 0.15) is 52.3 Å². The van der Waals surface area contributed by atoms with E-state index in [9.17, 15) is 0 Å². The molecule has 1 nitrogen and oxygen atoms in total. The molecule has 0 amide bonds. The van der Waals surface area contributed by atoms with Gasteiger partial charge in [-0.3, -0.25) is 0 Å². The summed E-state index contributed by atoms with van der Waals surface area (Å²) in [4.78, 5) is 0. The summed E-state index contributed by atoms with van der Waals surface area (Å²) in [6.45, 7) is 10.9. The Labute approximate surface area is 121 Å². The van der Waals surface area contributed by atoms with Gasteiger partial charge in [-0.05, 0) is 50.5 Å². The van der Waals surface area contributed by atoms with Gasteiger partial charge in [-0.2, -0.15) is 0 Å². The van der Waals surface area contributed by atoms with E-state index in [1.165, 1.54) is 33.4 Å². The van der Waals surface area contributed by atoms with Gasteiger partial charge >= 0.3 is 0 Å². The van der Waals surface area contributed by atoms with Crippen LogP contribution in [0.2, 0.25) is 0 Å². The number of hydrogen-bond acceptors (Lipinski definition) is 1. The van der Waals surface area contributed by atoms with Crippen molar-refractivity contribution in [2.45, 2.75) is 46.6 Å². The molecule has 1 heterocycles. The van der Waals surface area contributed by atoms with Crippen LogP contribution in [0.15, 0.2) is 30.3 Å². The second kappa shape index (κ2) is 4.66. The third-order valence-electron chi connectivity index (χ3n) is 4.40. The van der Waals surface area contributed by atoms with E-state index >= 15 is 0 Å². The van der Waals surface area contributed by atoms with E-state index in [0.717, 1.165) is 5.75 Å². The van der Waals surface area contributed by atoms with Crippen LogP contribution in [-0.4, -0.2) is 0 Å². The minimum atomic E-state index is 0.143. The zero-order valence-electron chi connectivity index (χ0n) is 12.9. The lowest BCUT2D eigenvalue weighted by atomic mass is 9.90. The van der Waals surface area contributed by atoms with Crippen LogP contribution in [0.25, 0.3) is 0 Å². The van der Waals surface area contributed by atoms with Crippen molar-refractivity contribution in [3.05, 3.63) is 63.7 Å². The average Bonchev–Trinajstić information content (AvgIpc) is 2.66. The Morgan fingerprint density at radius 2 is 1.40 bits per heavy atom. The van der Waals surface area contributed by atoms with E-state index in [1.807, 2.05) is 0 Å². The van der Waals surface area contributed by atoms with Crippen molar-refractivity contribution in [3.63, 3.8) is 0 Å². The summed E-state index contributed by atoms with van der Waals surface area (Å²) in [7, 11) is 0. The molecule has 1 aliphatic rings. The monoisotopic (exact) mass is 266 g/mol. The molecule has 2 unspecified atom stereocenters. The summed E-state index contributed by atoms with van der Waals surface area (Å²) in [6.07, 6.45) is 0.143.